The van der Waals surface area contributed by atoms with Gasteiger partial charge in [-0.2, -0.15) is 0 Å². The second kappa shape index (κ2) is 5.28. The number of nitrogens with one attached hydrogen (secondary N) is 1. The predicted octanol–water partition coefficient (Wildman–Crippen LogP) is 1.82. The number of sulfonamides is 1. The van der Waals surface area contributed by atoms with E-state index in [9.17, 15) is 8.42 Å². The Labute approximate surface area is 91.6 Å². The normalized spacial score (nSPS) is 11.6. The Kier molecular flexibility index (Phi) is 4.29. The van der Waals surface area contributed by atoms with Crippen LogP contribution in [0.25, 0.3) is 0 Å². The van der Waals surface area contributed by atoms with E-state index in [0.29, 0.717) is 6.54 Å². The van der Waals surface area contributed by atoms with Crippen LogP contribution in [0.5, 0.6) is 0 Å². The molecular weight excluding hydrogens is 210 g/mol. The molecule has 0 saturated heterocycles. The van der Waals surface area contributed by atoms with E-state index in [2.05, 4.69) is 4.72 Å². The molecular formula is C11H17NO2S. The van der Waals surface area contributed by atoms with Gasteiger partial charge in [0, 0.05) is 6.54 Å². The van der Waals surface area contributed by atoms with Gasteiger partial charge in [-0.15, -0.1) is 0 Å². The van der Waals surface area contributed by atoms with E-state index in [0.717, 1.165) is 17.5 Å². The maximum Gasteiger partial charge on any atom is 0.215 e. The van der Waals surface area contributed by atoms with Crippen LogP contribution in [0.3, 0.4) is 0 Å². The van der Waals surface area contributed by atoms with E-state index in [4.69, 9.17) is 0 Å². The third kappa shape index (κ3) is 4.44. The Morgan fingerprint density at radius 2 is 2.07 bits per heavy atom. The van der Waals surface area contributed by atoms with Gasteiger partial charge < -0.3 is 0 Å². The maximum atomic E-state index is 11.6. The fourth-order valence-corrected chi connectivity index (χ4v) is 2.57. The van der Waals surface area contributed by atoms with E-state index >= 15 is 0 Å². The van der Waals surface area contributed by atoms with Gasteiger partial charge in [-0.25, -0.2) is 13.1 Å². The smallest absolute Gasteiger partial charge is 0.215 e. The molecule has 0 aliphatic heterocycles. The Balaban J connectivity index is 2.69. The highest BCUT2D eigenvalue weighted by Gasteiger charge is 2.09. The summed E-state index contributed by atoms with van der Waals surface area (Å²) in [4.78, 5) is 0. The van der Waals surface area contributed by atoms with E-state index in [-0.39, 0.29) is 5.75 Å². The molecule has 1 aromatic rings. The summed E-state index contributed by atoms with van der Waals surface area (Å²) < 4.78 is 25.7. The number of hydrogen-bond acceptors (Lipinski definition) is 2. The molecule has 0 fully saturated rings. The van der Waals surface area contributed by atoms with Crippen LogP contribution in [-0.2, 0) is 15.8 Å². The summed E-state index contributed by atoms with van der Waals surface area (Å²) in [6.07, 6.45) is 0.813. The average Bonchev–Trinajstić information content (AvgIpc) is 2.14. The predicted molar refractivity (Wildman–Crippen MR) is 62.1 cm³/mol. The Morgan fingerprint density at radius 1 is 1.33 bits per heavy atom. The first-order chi connectivity index (χ1) is 7.03. The molecule has 4 heteroatoms. The quantitative estimate of drug-likeness (QED) is 0.834. The van der Waals surface area contributed by atoms with Crippen LogP contribution in [0.1, 0.15) is 24.5 Å². The zero-order valence-electron chi connectivity index (χ0n) is 9.16. The number of benzene rings is 1. The van der Waals surface area contributed by atoms with Crippen LogP contribution in [0.4, 0.5) is 0 Å². The van der Waals surface area contributed by atoms with Crippen LogP contribution in [-0.4, -0.2) is 15.0 Å². The Hall–Kier alpha value is -0.870. The highest BCUT2D eigenvalue weighted by atomic mass is 32.2. The van der Waals surface area contributed by atoms with Gasteiger partial charge in [-0.1, -0.05) is 36.8 Å². The van der Waals surface area contributed by atoms with Crippen LogP contribution in [0.2, 0.25) is 0 Å². The lowest BCUT2D eigenvalue weighted by molar-refractivity contribution is 0.580. The molecule has 1 aromatic carbocycles. The molecule has 3 nitrogen and oxygen atoms in total. The monoisotopic (exact) mass is 227 g/mol. The van der Waals surface area contributed by atoms with Crippen molar-refractivity contribution in [3.8, 4) is 0 Å². The van der Waals surface area contributed by atoms with Crippen molar-refractivity contribution < 1.29 is 8.42 Å². The van der Waals surface area contributed by atoms with Crippen molar-refractivity contribution in [2.24, 2.45) is 0 Å². The van der Waals surface area contributed by atoms with Gasteiger partial charge in [0.2, 0.25) is 10.0 Å². The van der Waals surface area contributed by atoms with Gasteiger partial charge in [0.1, 0.15) is 0 Å². The van der Waals surface area contributed by atoms with Crippen molar-refractivity contribution in [2.45, 2.75) is 26.0 Å². The van der Waals surface area contributed by atoms with Crippen molar-refractivity contribution in [3.63, 3.8) is 0 Å². The second-order valence-corrected chi connectivity index (χ2v) is 5.45. The zero-order chi connectivity index (χ0) is 11.3. The molecule has 0 aliphatic rings. The van der Waals surface area contributed by atoms with Crippen molar-refractivity contribution >= 4 is 10.0 Å². The van der Waals surface area contributed by atoms with E-state index in [1.807, 2.05) is 38.1 Å². The van der Waals surface area contributed by atoms with Crippen molar-refractivity contribution in [3.05, 3.63) is 35.4 Å². The molecule has 0 aromatic heterocycles. The van der Waals surface area contributed by atoms with Crippen molar-refractivity contribution in [1.82, 2.24) is 4.72 Å². The molecule has 1 N–H and O–H groups in total. The van der Waals surface area contributed by atoms with Gasteiger partial charge in [-0.3, -0.25) is 0 Å². The zero-order valence-corrected chi connectivity index (χ0v) is 9.97. The summed E-state index contributed by atoms with van der Waals surface area (Å²) in [6, 6.07) is 7.55. The lowest BCUT2D eigenvalue weighted by atomic mass is 10.2. The first kappa shape index (κ1) is 12.2. The second-order valence-electron chi connectivity index (χ2n) is 3.64. The van der Waals surface area contributed by atoms with E-state index in [1.54, 1.807) is 0 Å². The third-order valence-corrected chi connectivity index (χ3v) is 3.37. The molecule has 0 bridgehead atoms. The highest BCUT2D eigenvalue weighted by Crippen LogP contribution is 2.07. The SMILES string of the molecule is CCCNS(=O)(=O)Cc1cccc(C)c1. The molecule has 0 aliphatic carbocycles. The standard InChI is InChI=1S/C11H17NO2S/c1-3-7-12-15(13,14)9-11-6-4-5-10(2)8-11/h4-6,8,12H,3,7,9H2,1-2H3. The molecule has 0 heterocycles. The minimum Gasteiger partial charge on any atom is -0.215 e. The van der Waals surface area contributed by atoms with Gasteiger partial charge in [0.25, 0.3) is 0 Å². The van der Waals surface area contributed by atoms with Crippen LogP contribution in [0.15, 0.2) is 24.3 Å². The largest absolute Gasteiger partial charge is 0.215 e. The first-order valence-corrected chi connectivity index (χ1v) is 6.71. The minimum atomic E-state index is -3.16. The fourth-order valence-electron chi connectivity index (χ4n) is 1.33. The number of rotatable bonds is 5. The van der Waals surface area contributed by atoms with Crippen molar-refractivity contribution in [1.29, 1.82) is 0 Å². The number of aryl methyl sites for hydroxylation is 1. The fraction of sp³-hybridized carbons (Fsp3) is 0.455. The molecule has 1 rings (SSSR count). The summed E-state index contributed by atoms with van der Waals surface area (Å²) in [5.41, 5.74) is 1.91. The van der Waals surface area contributed by atoms with Gasteiger partial charge in [0.05, 0.1) is 5.75 Å². The lowest BCUT2D eigenvalue weighted by Crippen LogP contribution is -2.25. The lowest BCUT2D eigenvalue weighted by Gasteiger charge is -2.05. The molecule has 84 valence electrons. The summed E-state index contributed by atoms with van der Waals surface area (Å²) in [6.45, 7) is 4.40. The molecule has 0 radical (unpaired) electrons. The summed E-state index contributed by atoms with van der Waals surface area (Å²) in [7, 11) is -3.16. The van der Waals surface area contributed by atoms with E-state index < -0.39 is 10.0 Å². The summed E-state index contributed by atoms with van der Waals surface area (Å²) in [5.74, 6) is 0.0642. The summed E-state index contributed by atoms with van der Waals surface area (Å²) >= 11 is 0. The van der Waals surface area contributed by atoms with Crippen LogP contribution < -0.4 is 4.72 Å². The topological polar surface area (TPSA) is 46.2 Å². The third-order valence-electron chi connectivity index (χ3n) is 2.01. The minimum absolute atomic E-state index is 0.0642. The average molecular weight is 227 g/mol. The van der Waals surface area contributed by atoms with Gasteiger partial charge in [0.15, 0.2) is 0 Å². The van der Waals surface area contributed by atoms with E-state index in [1.165, 1.54) is 0 Å². The Bertz CT molecular complexity index is 412. The molecule has 0 spiro atoms. The van der Waals surface area contributed by atoms with Gasteiger partial charge >= 0.3 is 0 Å². The molecule has 0 saturated carbocycles. The molecule has 0 amide bonds. The Morgan fingerprint density at radius 3 is 2.67 bits per heavy atom. The molecule has 0 unspecified atom stereocenters. The van der Waals surface area contributed by atoms with Crippen LogP contribution in [0, 0.1) is 6.92 Å². The number of hydrogen-bond donors (Lipinski definition) is 1. The van der Waals surface area contributed by atoms with Gasteiger partial charge in [-0.05, 0) is 18.9 Å². The molecule has 15 heavy (non-hydrogen) atoms. The van der Waals surface area contributed by atoms with Crippen LogP contribution >= 0.6 is 0 Å². The highest BCUT2D eigenvalue weighted by molar-refractivity contribution is 7.88. The van der Waals surface area contributed by atoms with Crippen molar-refractivity contribution in [2.75, 3.05) is 6.54 Å². The molecule has 0 atom stereocenters. The summed E-state index contributed by atoms with van der Waals surface area (Å²) in [5, 5.41) is 0. The first-order valence-electron chi connectivity index (χ1n) is 5.06. The maximum absolute atomic E-state index is 11.6.